The number of benzene rings is 1. The molecule has 2 aromatic rings. The van der Waals surface area contributed by atoms with Gasteiger partial charge in [0.25, 0.3) is 0 Å². The van der Waals surface area contributed by atoms with E-state index in [2.05, 4.69) is 20.2 Å². The summed E-state index contributed by atoms with van der Waals surface area (Å²) >= 11 is 5.97. The smallest absolute Gasteiger partial charge is 0.139 e. The van der Waals surface area contributed by atoms with Gasteiger partial charge in [-0.25, -0.2) is 9.97 Å². The fourth-order valence-corrected chi connectivity index (χ4v) is 2.31. The number of hydrogen-bond acceptors (Lipinski definition) is 4. The van der Waals surface area contributed by atoms with E-state index in [1.165, 1.54) is 0 Å². The average molecular weight is 249 g/mol. The van der Waals surface area contributed by atoms with Crippen molar-refractivity contribution in [3.8, 4) is 0 Å². The van der Waals surface area contributed by atoms with Crippen molar-refractivity contribution in [2.45, 2.75) is 0 Å². The van der Waals surface area contributed by atoms with Crippen LogP contribution in [0.4, 0.5) is 5.82 Å². The molecule has 1 fully saturated rings. The topological polar surface area (TPSA) is 41.0 Å². The Hall–Kier alpha value is -1.39. The summed E-state index contributed by atoms with van der Waals surface area (Å²) in [6.45, 7) is 3.96. The predicted molar refractivity (Wildman–Crippen MR) is 69.6 cm³/mol. The molecule has 3 rings (SSSR count). The third-order valence-corrected chi connectivity index (χ3v) is 3.23. The van der Waals surface area contributed by atoms with Crippen molar-refractivity contribution in [2.24, 2.45) is 0 Å². The van der Waals surface area contributed by atoms with Crippen LogP contribution in [0.25, 0.3) is 10.9 Å². The first-order valence-electron chi connectivity index (χ1n) is 5.70. The quantitative estimate of drug-likeness (QED) is 0.834. The Kier molecular flexibility index (Phi) is 2.82. The van der Waals surface area contributed by atoms with E-state index in [1.807, 2.05) is 18.2 Å². The van der Waals surface area contributed by atoms with E-state index in [0.29, 0.717) is 5.02 Å². The molecule has 1 saturated heterocycles. The molecule has 5 heteroatoms. The number of nitrogens with one attached hydrogen (secondary N) is 1. The predicted octanol–water partition coefficient (Wildman–Crippen LogP) is 1.69. The Morgan fingerprint density at radius 1 is 1.18 bits per heavy atom. The molecule has 1 aliphatic rings. The van der Waals surface area contributed by atoms with Crippen LogP contribution in [-0.2, 0) is 0 Å². The lowest BCUT2D eigenvalue weighted by atomic mass is 10.2. The Bertz CT molecular complexity index is 537. The van der Waals surface area contributed by atoms with Gasteiger partial charge in [-0.15, -0.1) is 0 Å². The first-order valence-corrected chi connectivity index (χ1v) is 6.08. The number of aromatic nitrogens is 2. The molecule has 0 saturated carbocycles. The molecule has 1 aromatic carbocycles. The zero-order chi connectivity index (χ0) is 11.7. The van der Waals surface area contributed by atoms with E-state index in [-0.39, 0.29) is 0 Å². The maximum Gasteiger partial charge on any atom is 0.139 e. The monoisotopic (exact) mass is 248 g/mol. The summed E-state index contributed by atoms with van der Waals surface area (Å²) in [4.78, 5) is 10.9. The van der Waals surface area contributed by atoms with E-state index < -0.39 is 0 Å². The van der Waals surface area contributed by atoms with Crippen LogP contribution in [0.3, 0.4) is 0 Å². The fourth-order valence-electron chi connectivity index (χ4n) is 2.14. The van der Waals surface area contributed by atoms with Crippen LogP contribution in [0.15, 0.2) is 24.5 Å². The van der Waals surface area contributed by atoms with Crippen LogP contribution in [0.5, 0.6) is 0 Å². The Labute approximate surface area is 105 Å². The molecule has 0 unspecified atom stereocenters. The van der Waals surface area contributed by atoms with Crippen molar-refractivity contribution in [1.29, 1.82) is 0 Å². The molecule has 0 radical (unpaired) electrons. The Morgan fingerprint density at radius 3 is 2.82 bits per heavy atom. The van der Waals surface area contributed by atoms with Crippen LogP contribution in [0.2, 0.25) is 5.02 Å². The Balaban J connectivity index is 2.09. The molecule has 0 bridgehead atoms. The van der Waals surface area contributed by atoms with Gasteiger partial charge >= 0.3 is 0 Å². The fraction of sp³-hybridized carbons (Fsp3) is 0.333. The lowest BCUT2D eigenvalue weighted by Crippen LogP contribution is -2.44. The van der Waals surface area contributed by atoms with Gasteiger partial charge in [0.2, 0.25) is 0 Å². The molecular weight excluding hydrogens is 236 g/mol. The summed E-state index contributed by atoms with van der Waals surface area (Å²) in [5, 5.41) is 5.11. The molecule has 2 heterocycles. The van der Waals surface area contributed by atoms with E-state index in [1.54, 1.807) is 6.33 Å². The standard InChI is InChI=1S/C12H13ClN4/c13-9-1-2-10-11(7-9)15-8-16-12(10)17-5-3-14-4-6-17/h1-2,7-8,14H,3-6H2. The first kappa shape index (κ1) is 10.7. The van der Waals surface area contributed by atoms with Gasteiger partial charge in [0.15, 0.2) is 0 Å². The van der Waals surface area contributed by atoms with Gasteiger partial charge in [-0.05, 0) is 18.2 Å². The SMILES string of the molecule is Clc1ccc2c(N3CCNCC3)ncnc2c1. The minimum atomic E-state index is 0.711. The molecule has 1 N–H and O–H groups in total. The van der Waals surface area contributed by atoms with Crippen molar-refractivity contribution in [3.05, 3.63) is 29.5 Å². The molecule has 88 valence electrons. The number of piperazine rings is 1. The summed E-state index contributed by atoms with van der Waals surface area (Å²) < 4.78 is 0. The maximum atomic E-state index is 5.97. The highest BCUT2D eigenvalue weighted by Crippen LogP contribution is 2.25. The molecule has 0 atom stereocenters. The first-order chi connectivity index (χ1) is 8.34. The normalized spacial score (nSPS) is 16.4. The third-order valence-electron chi connectivity index (χ3n) is 2.99. The van der Waals surface area contributed by atoms with E-state index in [9.17, 15) is 0 Å². The molecule has 0 amide bonds. The van der Waals surface area contributed by atoms with E-state index in [0.717, 1.165) is 42.9 Å². The zero-order valence-electron chi connectivity index (χ0n) is 9.36. The molecule has 1 aromatic heterocycles. The second-order valence-corrected chi connectivity index (χ2v) is 4.53. The molecule has 1 aliphatic heterocycles. The maximum absolute atomic E-state index is 5.97. The van der Waals surface area contributed by atoms with Crippen LogP contribution < -0.4 is 10.2 Å². The lowest BCUT2D eigenvalue weighted by molar-refractivity contribution is 0.586. The van der Waals surface area contributed by atoms with Crippen molar-refractivity contribution >= 4 is 28.3 Å². The van der Waals surface area contributed by atoms with Crippen LogP contribution >= 0.6 is 11.6 Å². The number of nitrogens with zero attached hydrogens (tertiary/aromatic N) is 3. The van der Waals surface area contributed by atoms with Gasteiger partial charge in [-0.1, -0.05) is 11.6 Å². The van der Waals surface area contributed by atoms with Gasteiger partial charge < -0.3 is 10.2 Å². The highest BCUT2D eigenvalue weighted by Gasteiger charge is 2.14. The van der Waals surface area contributed by atoms with Crippen LogP contribution in [0, 0.1) is 0 Å². The summed E-state index contributed by atoms with van der Waals surface area (Å²) in [6.07, 6.45) is 1.61. The number of halogens is 1. The van der Waals surface area contributed by atoms with E-state index in [4.69, 9.17) is 11.6 Å². The summed E-state index contributed by atoms with van der Waals surface area (Å²) in [6, 6.07) is 5.76. The van der Waals surface area contributed by atoms with Gasteiger partial charge in [0, 0.05) is 36.6 Å². The van der Waals surface area contributed by atoms with Crippen molar-refractivity contribution < 1.29 is 0 Å². The zero-order valence-corrected chi connectivity index (χ0v) is 10.1. The number of fused-ring (bicyclic) bond motifs is 1. The Morgan fingerprint density at radius 2 is 2.00 bits per heavy atom. The van der Waals surface area contributed by atoms with E-state index >= 15 is 0 Å². The molecule has 4 nitrogen and oxygen atoms in total. The van der Waals surface area contributed by atoms with Gasteiger partial charge in [0.1, 0.15) is 12.1 Å². The summed E-state index contributed by atoms with van der Waals surface area (Å²) in [7, 11) is 0. The third kappa shape index (κ3) is 2.06. The van der Waals surface area contributed by atoms with Crippen LogP contribution in [-0.4, -0.2) is 36.1 Å². The summed E-state index contributed by atoms with van der Waals surface area (Å²) in [5.41, 5.74) is 0.904. The minimum absolute atomic E-state index is 0.711. The van der Waals surface area contributed by atoms with Gasteiger partial charge in [0.05, 0.1) is 5.52 Å². The average Bonchev–Trinajstić information content (AvgIpc) is 2.39. The van der Waals surface area contributed by atoms with Crippen LogP contribution in [0.1, 0.15) is 0 Å². The van der Waals surface area contributed by atoms with Gasteiger partial charge in [-0.2, -0.15) is 0 Å². The lowest BCUT2D eigenvalue weighted by Gasteiger charge is -2.29. The molecule has 17 heavy (non-hydrogen) atoms. The second-order valence-electron chi connectivity index (χ2n) is 4.10. The summed E-state index contributed by atoms with van der Waals surface area (Å²) in [5.74, 6) is 1.01. The number of rotatable bonds is 1. The second kappa shape index (κ2) is 4.47. The molecule has 0 aliphatic carbocycles. The largest absolute Gasteiger partial charge is 0.353 e. The van der Waals surface area contributed by atoms with Gasteiger partial charge in [-0.3, -0.25) is 0 Å². The highest BCUT2D eigenvalue weighted by atomic mass is 35.5. The van der Waals surface area contributed by atoms with Crippen molar-refractivity contribution in [1.82, 2.24) is 15.3 Å². The highest BCUT2D eigenvalue weighted by molar-refractivity contribution is 6.31. The van der Waals surface area contributed by atoms with Crippen molar-refractivity contribution in [2.75, 3.05) is 31.1 Å². The number of anilines is 1. The number of hydrogen-bond donors (Lipinski definition) is 1. The molecular formula is C12H13ClN4. The van der Waals surface area contributed by atoms with Crippen molar-refractivity contribution in [3.63, 3.8) is 0 Å². The molecule has 0 spiro atoms. The minimum Gasteiger partial charge on any atom is -0.353 e.